The van der Waals surface area contributed by atoms with Crippen LogP contribution in [-0.2, 0) is 6.42 Å². The van der Waals surface area contributed by atoms with Gasteiger partial charge in [0, 0.05) is 10.2 Å². The van der Waals surface area contributed by atoms with Crippen LogP contribution in [0.4, 0.5) is 5.69 Å². The molecule has 1 aromatic carbocycles. The van der Waals surface area contributed by atoms with Crippen LogP contribution in [0.5, 0.6) is 0 Å². The molecule has 0 spiro atoms. The maximum atomic E-state index is 5.91. The van der Waals surface area contributed by atoms with Crippen molar-refractivity contribution in [3.8, 4) is 0 Å². The molecule has 0 saturated carbocycles. The molecule has 13 heavy (non-hydrogen) atoms. The average molecular weight is 242 g/mol. The van der Waals surface area contributed by atoms with Gasteiger partial charge >= 0.3 is 0 Å². The van der Waals surface area contributed by atoms with Gasteiger partial charge < -0.3 is 5.73 Å². The number of anilines is 1. The van der Waals surface area contributed by atoms with Crippen molar-refractivity contribution in [2.75, 3.05) is 5.73 Å². The van der Waals surface area contributed by atoms with Gasteiger partial charge in [-0.2, -0.15) is 0 Å². The normalized spacial score (nSPS) is 10.4. The summed E-state index contributed by atoms with van der Waals surface area (Å²) >= 11 is 3.52. The Morgan fingerprint density at radius 2 is 2.08 bits per heavy atom. The molecular weight excluding hydrogens is 226 g/mol. The Morgan fingerprint density at radius 1 is 1.38 bits per heavy atom. The molecule has 0 aliphatic heterocycles. The van der Waals surface area contributed by atoms with Crippen LogP contribution in [-0.4, -0.2) is 0 Å². The van der Waals surface area contributed by atoms with E-state index >= 15 is 0 Å². The molecule has 2 N–H and O–H groups in total. The maximum absolute atomic E-state index is 5.91. The Kier molecular flexibility index (Phi) is 3.79. The molecule has 0 heterocycles. The zero-order valence-corrected chi connectivity index (χ0v) is 9.82. The Balaban J connectivity index is 2.96. The van der Waals surface area contributed by atoms with Crippen LogP contribution in [0.1, 0.15) is 30.9 Å². The smallest absolute Gasteiger partial charge is 0.0350 e. The molecule has 0 amide bonds. The molecule has 0 aliphatic rings. The molecule has 0 radical (unpaired) electrons. The van der Waals surface area contributed by atoms with Gasteiger partial charge in [0.1, 0.15) is 0 Å². The van der Waals surface area contributed by atoms with Crippen molar-refractivity contribution < 1.29 is 0 Å². The number of nitrogen functional groups attached to an aromatic ring is 1. The van der Waals surface area contributed by atoms with Gasteiger partial charge in [0.15, 0.2) is 0 Å². The zero-order chi connectivity index (χ0) is 9.84. The summed E-state index contributed by atoms with van der Waals surface area (Å²) in [4.78, 5) is 0. The first-order valence-corrected chi connectivity index (χ1v) is 5.49. The molecular formula is C11H16BrN. The molecule has 72 valence electrons. The lowest BCUT2D eigenvalue weighted by Gasteiger charge is -2.10. The standard InChI is InChI=1S/C11H16BrN/c1-3-4-5-9-8(2)10(12)6-7-11(9)13/h6-7H,3-5,13H2,1-2H3. The second-order valence-corrected chi connectivity index (χ2v) is 4.20. The highest BCUT2D eigenvalue weighted by molar-refractivity contribution is 9.10. The van der Waals surface area contributed by atoms with Crippen molar-refractivity contribution in [1.82, 2.24) is 0 Å². The molecule has 1 nitrogen and oxygen atoms in total. The van der Waals surface area contributed by atoms with Crippen LogP contribution in [0, 0.1) is 6.92 Å². The predicted octanol–water partition coefficient (Wildman–Crippen LogP) is 3.68. The summed E-state index contributed by atoms with van der Waals surface area (Å²) in [5.41, 5.74) is 9.42. The minimum Gasteiger partial charge on any atom is -0.398 e. The van der Waals surface area contributed by atoms with Crippen molar-refractivity contribution in [2.24, 2.45) is 0 Å². The number of unbranched alkanes of at least 4 members (excludes halogenated alkanes) is 1. The number of benzene rings is 1. The van der Waals surface area contributed by atoms with Gasteiger partial charge in [-0.15, -0.1) is 0 Å². The van der Waals surface area contributed by atoms with Gasteiger partial charge in [0.05, 0.1) is 0 Å². The second-order valence-electron chi connectivity index (χ2n) is 3.34. The van der Waals surface area contributed by atoms with Gasteiger partial charge in [-0.25, -0.2) is 0 Å². The van der Waals surface area contributed by atoms with Crippen LogP contribution in [0.15, 0.2) is 16.6 Å². The second kappa shape index (κ2) is 4.66. The number of hydrogen-bond donors (Lipinski definition) is 1. The highest BCUT2D eigenvalue weighted by Gasteiger charge is 2.05. The van der Waals surface area contributed by atoms with Gasteiger partial charge in [0.25, 0.3) is 0 Å². The molecule has 1 rings (SSSR count). The topological polar surface area (TPSA) is 26.0 Å². The Hall–Kier alpha value is -0.500. The molecule has 0 aliphatic carbocycles. The first kappa shape index (κ1) is 10.6. The van der Waals surface area contributed by atoms with Crippen LogP contribution in [0.25, 0.3) is 0 Å². The van der Waals surface area contributed by atoms with E-state index in [2.05, 4.69) is 29.8 Å². The Bertz CT molecular complexity index is 294. The average Bonchev–Trinajstić information content (AvgIpc) is 2.12. The van der Waals surface area contributed by atoms with Crippen LogP contribution in [0.2, 0.25) is 0 Å². The zero-order valence-electron chi connectivity index (χ0n) is 8.23. The lowest BCUT2D eigenvalue weighted by Crippen LogP contribution is -1.98. The van der Waals surface area contributed by atoms with Crippen molar-refractivity contribution >= 4 is 21.6 Å². The fourth-order valence-corrected chi connectivity index (χ4v) is 1.81. The van der Waals surface area contributed by atoms with E-state index in [-0.39, 0.29) is 0 Å². The minimum absolute atomic E-state index is 0.925. The lowest BCUT2D eigenvalue weighted by molar-refractivity contribution is 0.792. The number of hydrogen-bond acceptors (Lipinski definition) is 1. The largest absolute Gasteiger partial charge is 0.398 e. The Morgan fingerprint density at radius 3 is 2.69 bits per heavy atom. The van der Waals surface area contributed by atoms with Crippen LogP contribution in [0.3, 0.4) is 0 Å². The summed E-state index contributed by atoms with van der Waals surface area (Å²) in [5.74, 6) is 0. The minimum atomic E-state index is 0.925. The van der Waals surface area contributed by atoms with Crippen LogP contribution >= 0.6 is 15.9 Å². The predicted molar refractivity (Wildman–Crippen MR) is 61.9 cm³/mol. The highest BCUT2D eigenvalue weighted by Crippen LogP contribution is 2.26. The fourth-order valence-electron chi connectivity index (χ4n) is 1.43. The highest BCUT2D eigenvalue weighted by atomic mass is 79.9. The van der Waals surface area contributed by atoms with Crippen molar-refractivity contribution in [3.05, 3.63) is 27.7 Å². The fraction of sp³-hybridized carbons (Fsp3) is 0.455. The van der Waals surface area contributed by atoms with E-state index in [0.717, 1.165) is 16.6 Å². The van der Waals surface area contributed by atoms with E-state index in [9.17, 15) is 0 Å². The van der Waals surface area contributed by atoms with E-state index in [4.69, 9.17) is 5.73 Å². The molecule has 0 bridgehead atoms. The molecule has 2 heteroatoms. The van der Waals surface area contributed by atoms with E-state index in [1.165, 1.54) is 24.0 Å². The third-order valence-corrected chi connectivity index (χ3v) is 3.21. The van der Waals surface area contributed by atoms with E-state index in [0.29, 0.717) is 0 Å². The number of rotatable bonds is 3. The van der Waals surface area contributed by atoms with Gasteiger partial charge in [-0.05, 0) is 43.0 Å². The van der Waals surface area contributed by atoms with Gasteiger partial charge in [0.2, 0.25) is 0 Å². The van der Waals surface area contributed by atoms with Crippen LogP contribution < -0.4 is 5.73 Å². The summed E-state index contributed by atoms with van der Waals surface area (Å²) in [6.07, 6.45) is 3.51. The molecule has 0 aromatic heterocycles. The van der Waals surface area contributed by atoms with E-state index < -0.39 is 0 Å². The molecule has 0 atom stereocenters. The summed E-state index contributed by atoms with van der Waals surface area (Å²) < 4.78 is 1.16. The Labute approximate surface area is 88.5 Å². The molecule has 1 aromatic rings. The summed E-state index contributed by atoms with van der Waals surface area (Å²) in [6.45, 7) is 4.31. The van der Waals surface area contributed by atoms with Crippen molar-refractivity contribution in [3.63, 3.8) is 0 Å². The maximum Gasteiger partial charge on any atom is 0.0350 e. The van der Waals surface area contributed by atoms with E-state index in [1.807, 2.05) is 12.1 Å². The van der Waals surface area contributed by atoms with Gasteiger partial charge in [-0.1, -0.05) is 29.3 Å². The molecule has 0 saturated heterocycles. The third kappa shape index (κ3) is 2.47. The lowest BCUT2D eigenvalue weighted by atomic mass is 10.0. The molecule has 0 unspecified atom stereocenters. The summed E-state index contributed by atoms with van der Waals surface area (Å²) in [6, 6.07) is 3.99. The SMILES string of the molecule is CCCCc1c(N)ccc(Br)c1C. The number of halogens is 1. The molecule has 0 fully saturated rings. The first-order valence-electron chi connectivity index (χ1n) is 4.70. The van der Waals surface area contributed by atoms with Crippen molar-refractivity contribution in [1.29, 1.82) is 0 Å². The van der Waals surface area contributed by atoms with Gasteiger partial charge in [-0.3, -0.25) is 0 Å². The third-order valence-electron chi connectivity index (χ3n) is 2.35. The van der Waals surface area contributed by atoms with E-state index in [1.54, 1.807) is 0 Å². The first-order chi connectivity index (χ1) is 6.16. The quantitative estimate of drug-likeness (QED) is 0.804. The van der Waals surface area contributed by atoms with Crippen molar-refractivity contribution in [2.45, 2.75) is 33.1 Å². The number of nitrogens with two attached hydrogens (primary N) is 1. The summed E-state index contributed by atoms with van der Waals surface area (Å²) in [5, 5.41) is 0. The monoisotopic (exact) mass is 241 g/mol. The summed E-state index contributed by atoms with van der Waals surface area (Å²) in [7, 11) is 0.